The fraction of sp³-hybridized carbons (Fsp3) is 0.318. The van der Waals surface area contributed by atoms with Gasteiger partial charge in [-0.25, -0.2) is 18.9 Å². The summed E-state index contributed by atoms with van der Waals surface area (Å²) in [6, 6.07) is 12.6. The molecule has 0 radical (unpaired) electrons. The number of ether oxygens (including phenoxy) is 1. The Morgan fingerprint density at radius 1 is 1.20 bits per heavy atom. The molecule has 7 nitrogen and oxygen atoms in total. The van der Waals surface area contributed by atoms with Crippen LogP contribution in [-0.4, -0.2) is 27.9 Å². The van der Waals surface area contributed by atoms with Gasteiger partial charge in [0, 0.05) is 30.4 Å². The van der Waals surface area contributed by atoms with Crippen molar-refractivity contribution in [3.05, 3.63) is 66.0 Å². The van der Waals surface area contributed by atoms with E-state index in [1.807, 2.05) is 4.68 Å². The van der Waals surface area contributed by atoms with Gasteiger partial charge >= 0.3 is 6.03 Å². The summed E-state index contributed by atoms with van der Waals surface area (Å²) in [6.45, 7) is 1.02. The number of methoxy groups -OCH3 is 1. The fourth-order valence-electron chi connectivity index (χ4n) is 3.51. The van der Waals surface area contributed by atoms with Crippen LogP contribution < -0.4 is 15.0 Å². The number of aromatic nitrogens is 3. The Hall–Kier alpha value is -3.42. The second-order valence-electron chi connectivity index (χ2n) is 7.20. The number of nitrogens with one attached hydrogen (secondary N) is 1. The molecule has 0 spiro atoms. The lowest BCUT2D eigenvalue weighted by Gasteiger charge is -2.22. The lowest BCUT2D eigenvalue weighted by Crippen LogP contribution is -2.35. The predicted molar refractivity (Wildman–Crippen MR) is 112 cm³/mol. The third-order valence-electron chi connectivity index (χ3n) is 5.07. The molecular weight excluding hydrogens is 385 g/mol. The van der Waals surface area contributed by atoms with Crippen molar-refractivity contribution in [1.29, 1.82) is 0 Å². The molecule has 1 aromatic heterocycles. The van der Waals surface area contributed by atoms with E-state index in [1.54, 1.807) is 43.5 Å². The number of fused-ring (bicyclic) bond motifs is 1. The van der Waals surface area contributed by atoms with Gasteiger partial charge in [0.2, 0.25) is 0 Å². The first-order valence-corrected chi connectivity index (χ1v) is 10.0. The molecule has 1 aliphatic rings. The Morgan fingerprint density at radius 3 is 2.83 bits per heavy atom. The first-order valence-electron chi connectivity index (χ1n) is 10.0. The molecule has 0 bridgehead atoms. The molecule has 0 saturated carbocycles. The highest BCUT2D eigenvalue weighted by atomic mass is 19.1. The van der Waals surface area contributed by atoms with Gasteiger partial charge in [0.1, 0.15) is 17.4 Å². The molecule has 2 aromatic carbocycles. The molecule has 1 aliphatic heterocycles. The summed E-state index contributed by atoms with van der Waals surface area (Å²) in [7, 11) is 1.57. The van der Waals surface area contributed by atoms with Gasteiger partial charge in [0.05, 0.1) is 13.7 Å². The van der Waals surface area contributed by atoms with Crippen molar-refractivity contribution < 1.29 is 13.9 Å². The summed E-state index contributed by atoms with van der Waals surface area (Å²) < 4.78 is 20.6. The van der Waals surface area contributed by atoms with Gasteiger partial charge in [0.25, 0.3) is 0 Å². The minimum atomic E-state index is -0.362. The van der Waals surface area contributed by atoms with Gasteiger partial charge in [-0.05, 0) is 49.2 Å². The minimum absolute atomic E-state index is 0.182. The summed E-state index contributed by atoms with van der Waals surface area (Å²) in [5.41, 5.74) is 1.15. The van der Waals surface area contributed by atoms with Crippen molar-refractivity contribution in [3.8, 4) is 5.75 Å². The molecule has 4 rings (SSSR count). The largest absolute Gasteiger partial charge is 0.497 e. The molecule has 30 heavy (non-hydrogen) atoms. The SMILES string of the molecule is COc1cccc(NC(=O)N(Cc2nc3n(n2)CCCCC3)c2ccc(F)cc2)c1. The van der Waals surface area contributed by atoms with Crippen LogP contribution in [-0.2, 0) is 19.5 Å². The van der Waals surface area contributed by atoms with Crippen LogP contribution in [0.25, 0.3) is 0 Å². The summed E-state index contributed by atoms with van der Waals surface area (Å²) in [5, 5.41) is 7.47. The number of aryl methyl sites for hydroxylation is 2. The van der Waals surface area contributed by atoms with Gasteiger partial charge in [-0.15, -0.1) is 0 Å². The van der Waals surface area contributed by atoms with E-state index in [9.17, 15) is 9.18 Å². The Balaban J connectivity index is 1.59. The van der Waals surface area contributed by atoms with Gasteiger partial charge in [-0.1, -0.05) is 12.5 Å². The van der Waals surface area contributed by atoms with E-state index in [0.717, 1.165) is 31.6 Å². The standard InChI is InChI=1S/C22H24FN5O2/c1-30-19-7-5-6-17(14-19)24-22(29)27(18-11-9-16(23)10-12-18)15-20-25-21-8-3-2-4-13-28(21)26-20/h5-7,9-12,14H,2-4,8,13,15H2,1H3,(H,24,29). The molecule has 8 heteroatoms. The molecule has 2 heterocycles. The van der Waals surface area contributed by atoms with Crippen LogP contribution in [0.15, 0.2) is 48.5 Å². The van der Waals surface area contributed by atoms with E-state index in [-0.39, 0.29) is 18.4 Å². The number of anilines is 2. The summed E-state index contributed by atoms with van der Waals surface area (Å²) in [5.74, 6) is 1.80. The zero-order chi connectivity index (χ0) is 20.9. The quantitative estimate of drug-likeness (QED) is 0.678. The normalized spacial score (nSPS) is 13.3. The molecule has 0 saturated heterocycles. The summed E-state index contributed by atoms with van der Waals surface area (Å²) in [6.07, 6.45) is 4.23. The highest BCUT2D eigenvalue weighted by molar-refractivity contribution is 6.01. The van der Waals surface area contributed by atoms with Crippen LogP contribution in [0, 0.1) is 5.82 Å². The first-order chi connectivity index (χ1) is 14.6. The number of carbonyl (C=O) groups excluding carboxylic acids is 1. The van der Waals surface area contributed by atoms with Crippen LogP contribution in [0.2, 0.25) is 0 Å². The van der Waals surface area contributed by atoms with Crippen LogP contribution in [0.4, 0.5) is 20.6 Å². The summed E-state index contributed by atoms with van der Waals surface area (Å²) in [4.78, 5) is 19.3. The molecule has 3 aromatic rings. The maximum Gasteiger partial charge on any atom is 0.326 e. The van der Waals surface area contributed by atoms with Crippen LogP contribution in [0.1, 0.15) is 30.9 Å². The third kappa shape index (κ3) is 4.59. The monoisotopic (exact) mass is 409 g/mol. The van der Waals surface area contributed by atoms with E-state index in [4.69, 9.17) is 4.74 Å². The van der Waals surface area contributed by atoms with E-state index < -0.39 is 0 Å². The lowest BCUT2D eigenvalue weighted by atomic mass is 10.2. The maximum absolute atomic E-state index is 13.4. The highest BCUT2D eigenvalue weighted by Crippen LogP contribution is 2.22. The van der Waals surface area contributed by atoms with Crippen molar-refractivity contribution in [2.75, 3.05) is 17.3 Å². The van der Waals surface area contributed by atoms with Gasteiger partial charge in [0.15, 0.2) is 5.82 Å². The van der Waals surface area contributed by atoms with E-state index >= 15 is 0 Å². The third-order valence-corrected chi connectivity index (χ3v) is 5.07. The number of carbonyl (C=O) groups is 1. The predicted octanol–water partition coefficient (Wildman–Crippen LogP) is 4.39. The van der Waals surface area contributed by atoms with Crippen molar-refractivity contribution >= 4 is 17.4 Å². The second kappa shape index (κ2) is 8.94. The smallest absolute Gasteiger partial charge is 0.326 e. The number of hydrogen-bond acceptors (Lipinski definition) is 4. The Morgan fingerprint density at radius 2 is 2.03 bits per heavy atom. The maximum atomic E-state index is 13.4. The van der Waals surface area contributed by atoms with E-state index in [1.165, 1.54) is 23.5 Å². The zero-order valence-electron chi connectivity index (χ0n) is 16.8. The van der Waals surface area contributed by atoms with Crippen molar-refractivity contribution in [3.63, 3.8) is 0 Å². The minimum Gasteiger partial charge on any atom is -0.497 e. The molecule has 0 fully saturated rings. The van der Waals surface area contributed by atoms with Crippen LogP contribution in [0.5, 0.6) is 5.75 Å². The molecular formula is C22H24FN5O2. The number of nitrogens with zero attached hydrogens (tertiary/aromatic N) is 4. The van der Waals surface area contributed by atoms with Crippen molar-refractivity contribution in [2.24, 2.45) is 0 Å². The Labute approximate surface area is 174 Å². The molecule has 2 amide bonds. The molecule has 156 valence electrons. The van der Waals surface area contributed by atoms with Gasteiger partial charge in [-0.3, -0.25) is 4.90 Å². The van der Waals surface area contributed by atoms with E-state index in [2.05, 4.69) is 15.4 Å². The van der Waals surface area contributed by atoms with Crippen LogP contribution in [0.3, 0.4) is 0 Å². The number of hydrogen-bond donors (Lipinski definition) is 1. The highest BCUT2D eigenvalue weighted by Gasteiger charge is 2.21. The fourth-order valence-corrected chi connectivity index (χ4v) is 3.51. The average Bonchev–Trinajstić information content (AvgIpc) is 3.01. The molecule has 1 N–H and O–H groups in total. The lowest BCUT2D eigenvalue weighted by molar-refractivity contribution is 0.256. The number of benzene rings is 2. The first kappa shape index (κ1) is 19.9. The Bertz CT molecular complexity index is 995. The number of rotatable bonds is 5. The topological polar surface area (TPSA) is 72.3 Å². The molecule has 0 unspecified atom stereocenters. The van der Waals surface area contributed by atoms with Crippen molar-refractivity contribution in [1.82, 2.24) is 14.8 Å². The second-order valence-corrected chi connectivity index (χ2v) is 7.20. The average molecular weight is 409 g/mol. The summed E-state index contributed by atoms with van der Waals surface area (Å²) >= 11 is 0. The number of amides is 2. The molecule has 0 atom stereocenters. The van der Waals surface area contributed by atoms with Gasteiger partial charge < -0.3 is 10.1 Å². The van der Waals surface area contributed by atoms with Crippen LogP contribution >= 0.6 is 0 Å². The van der Waals surface area contributed by atoms with Crippen molar-refractivity contribution in [2.45, 2.75) is 38.8 Å². The zero-order valence-corrected chi connectivity index (χ0v) is 16.8. The Kier molecular flexibility index (Phi) is 5.92. The van der Waals surface area contributed by atoms with Gasteiger partial charge in [-0.2, -0.15) is 5.10 Å². The van der Waals surface area contributed by atoms with E-state index in [0.29, 0.717) is 22.9 Å². The molecule has 0 aliphatic carbocycles. The number of urea groups is 1. The number of halogens is 1.